The fourth-order valence-corrected chi connectivity index (χ4v) is 5.82. The number of aromatic hydroxyl groups is 1. The minimum absolute atomic E-state index is 0.0300. The molecule has 4 bridgehead atoms. The average Bonchev–Trinajstić information content (AvgIpc) is 2.91. The van der Waals surface area contributed by atoms with Crippen molar-refractivity contribution < 1.29 is 5.11 Å². The van der Waals surface area contributed by atoms with Crippen molar-refractivity contribution in [1.29, 1.82) is 0 Å². The molecule has 6 rings (SSSR count). The summed E-state index contributed by atoms with van der Waals surface area (Å²) in [6.07, 6.45) is 6.81. The number of thiocarbonyl (C=S) groups is 1. The molecule has 0 aliphatic heterocycles. The lowest BCUT2D eigenvalue weighted by Crippen LogP contribution is -2.55. The van der Waals surface area contributed by atoms with Crippen LogP contribution in [0.2, 0.25) is 0 Å². The third-order valence-electron chi connectivity index (χ3n) is 6.42. The number of aromatic nitrogens is 1. The molecule has 0 unspecified atom stereocenters. The van der Waals surface area contributed by atoms with E-state index in [1.54, 1.807) is 0 Å². The van der Waals surface area contributed by atoms with E-state index in [1.807, 2.05) is 24.3 Å². The molecule has 4 aliphatic carbocycles. The number of hydrogen-bond donors (Lipinski definition) is 3. The molecule has 0 saturated heterocycles. The summed E-state index contributed by atoms with van der Waals surface area (Å²) in [5, 5.41) is 23.2. The molecule has 2 aromatic rings. The van der Waals surface area contributed by atoms with E-state index in [0.717, 1.165) is 34.6 Å². The maximum atomic E-state index is 10.1. The second-order valence-electron chi connectivity index (χ2n) is 7.97. The molecule has 6 heteroatoms. The number of aromatic amines is 1. The molecule has 1 aromatic carbocycles. The Labute approximate surface area is 151 Å². The van der Waals surface area contributed by atoms with Crippen LogP contribution in [-0.4, -0.2) is 21.2 Å². The van der Waals surface area contributed by atoms with Gasteiger partial charge in [0.25, 0.3) is 0 Å². The van der Waals surface area contributed by atoms with Crippen molar-refractivity contribution in [2.45, 2.75) is 38.1 Å². The molecule has 1 heterocycles. The Bertz CT molecular complexity index is 830. The third kappa shape index (κ3) is 2.63. The van der Waals surface area contributed by atoms with Crippen molar-refractivity contribution in [2.75, 3.05) is 0 Å². The highest BCUT2D eigenvalue weighted by atomic mass is 32.1. The normalized spacial score (nSPS) is 33.4. The largest absolute Gasteiger partial charge is 0.493 e. The topological polar surface area (TPSA) is 72.8 Å². The number of azo groups is 1. The molecule has 5 nitrogen and oxygen atoms in total. The lowest BCUT2D eigenvalue weighted by Gasteiger charge is -2.54. The van der Waals surface area contributed by atoms with E-state index >= 15 is 0 Å². The van der Waals surface area contributed by atoms with E-state index in [-0.39, 0.29) is 5.88 Å². The van der Waals surface area contributed by atoms with Crippen LogP contribution >= 0.6 is 12.2 Å². The van der Waals surface area contributed by atoms with Crippen molar-refractivity contribution in [1.82, 2.24) is 10.3 Å². The molecule has 0 spiro atoms. The van der Waals surface area contributed by atoms with Crippen molar-refractivity contribution in [3.8, 4) is 5.88 Å². The SMILES string of the molecule is Oc1[nH]c2ccccc2c1N=NC(=S)NC1C2CC3CC(C2)CC1C3. The van der Waals surface area contributed by atoms with Crippen LogP contribution in [0, 0.1) is 23.7 Å². The second kappa shape index (κ2) is 5.80. The maximum absolute atomic E-state index is 10.1. The number of rotatable bonds is 2. The number of benzene rings is 1. The van der Waals surface area contributed by atoms with Gasteiger partial charge in [0.2, 0.25) is 11.0 Å². The molecule has 4 fully saturated rings. The smallest absolute Gasteiger partial charge is 0.218 e. The minimum Gasteiger partial charge on any atom is -0.493 e. The summed E-state index contributed by atoms with van der Waals surface area (Å²) in [4.78, 5) is 2.91. The first-order valence-corrected chi connectivity index (χ1v) is 9.60. The summed E-state index contributed by atoms with van der Waals surface area (Å²) >= 11 is 5.43. The van der Waals surface area contributed by atoms with Crippen LogP contribution in [0.25, 0.3) is 10.9 Å². The van der Waals surface area contributed by atoms with E-state index in [0.29, 0.717) is 16.8 Å². The first-order valence-electron chi connectivity index (χ1n) is 9.19. The van der Waals surface area contributed by atoms with Crippen LogP contribution in [0.1, 0.15) is 32.1 Å². The fraction of sp³-hybridized carbons (Fsp3) is 0.526. The van der Waals surface area contributed by atoms with Gasteiger partial charge in [-0.05, 0) is 74.1 Å². The Morgan fingerprint density at radius 2 is 1.76 bits per heavy atom. The summed E-state index contributed by atoms with van der Waals surface area (Å²) < 4.78 is 0. The van der Waals surface area contributed by atoms with Crippen LogP contribution in [0.5, 0.6) is 5.88 Å². The molecular weight excluding hydrogens is 332 g/mol. The molecule has 4 aliphatic rings. The van der Waals surface area contributed by atoms with Crippen molar-refractivity contribution >= 4 is 33.9 Å². The number of fused-ring (bicyclic) bond motifs is 1. The molecule has 1 aromatic heterocycles. The van der Waals surface area contributed by atoms with E-state index in [4.69, 9.17) is 12.2 Å². The number of nitrogens with zero attached hydrogens (tertiary/aromatic N) is 2. The van der Waals surface area contributed by atoms with Gasteiger partial charge in [0.05, 0.1) is 5.52 Å². The molecule has 25 heavy (non-hydrogen) atoms. The number of nitrogens with one attached hydrogen (secondary N) is 2. The van der Waals surface area contributed by atoms with Gasteiger partial charge in [-0.3, -0.25) is 0 Å². The van der Waals surface area contributed by atoms with Gasteiger partial charge in [0.1, 0.15) is 0 Å². The molecule has 130 valence electrons. The van der Waals surface area contributed by atoms with E-state index in [2.05, 4.69) is 20.5 Å². The molecule has 4 saturated carbocycles. The third-order valence-corrected chi connectivity index (χ3v) is 6.62. The van der Waals surface area contributed by atoms with Crippen LogP contribution in [0.15, 0.2) is 34.5 Å². The minimum atomic E-state index is 0.0300. The lowest BCUT2D eigenvalue weighted by molar-refractivity contribution is -0.00676. The number of H-pyrrole nitrogens is 1. The van der Waals surface area contributed by atoms with Crippen molar-refractivity contribution in [2.24, 2.45) is 33.9 Å². The zero-order chi connectivity index (χ0) is 17.0. The van der Waals surface area contributed by atoms with Crippen molar-refractivity contribution in [3.63, 3.8) is 0 Å². The van der Waals surface area contributed by atoms with Crippen molar-refractivity contribution in [3.05, 3.63) is 24.3 Å². The Kier molecular flexibility index (Phi) is 3.55. The van der Waals surface area contributed by atoms with Crippen LogP contribution in [0.3, 0.4) is 0 Å². The zero-order valence-corrected chi connectivity index (χ0v) is 14.8. The quantitative estimate of drug-likeness (QED) is 0.543. The molecule has 0 radical (unpaired) electrons. The monoisotopic (exact) mass is 354 g/mol. The highest BCUT2D eigenvalue weighted by Crippen LogP contribution is 2.53. The second-order valence-corrected chi connectivity index (χ2v) is 8.36. The van der Waals surface area contributed by atoms with Gasteiger partial charge >= 0.3 is 0 Å². The molecule has 3 N–H and O–H groups in total. The summed E-state index contributed by atoms with van der Waals surface area (Å²) in [6, 6.07) is 8.10. The van der Waals surface area contributed by atoms with Gasteiger partial charge in [0, 0.05) is 11.4 Å². The standard InChI is InChI=1S/C19H22N4OS/c24-18-17(14-3-1-2-4-15(14)20-18)22-23-19(25)21-16-12-6-10-5-11(8-12)9-13(16)7-10/h1-4,10-13,16,20,24H,5-9H2,(H,21,25). The molecule has 0 atom stereocenters. The average molecular weight is 354 g/mol. The van der Waals surface area contributed by atoms with Gasteiger partial charge < -0.3 is 15.4 Å². The van der Waals surface area contributed by atoms with Crippen LogP contribution in [-0.2, 0) is 0 Å². The first kappa shape index (κ1) is 15.3. The lowest BCUT2D eigenvalue weighted by atomic mass is 9.54. The predicted octanol–water partition coefficient (Wildman–Crippen LogP) is 4.66. The Morgan fingerprint density at radius 1 is 1.08 bits per heavy atom. The highest BCUT2D eigenvalue weighted by molar-refractivity contribution is 7.80. The molecular formula is C19H22N4OS. The summed E-state index contributed by atoms with van der Waals surface area (Å²) in [5.41, 5.74) is 1.29. The fourth-order valence-electron chi connectivity index (χ4n) is 5.64. The summed E-state index contributed by atoms with van der Waals surface area (Å²) in [5.74, 6) is 3.40. The molecule has 0 amide bonds. The Hall–Kier alpha value is -1.95. The highest BCUT2D eigenvalue weighted by Gasteiger charge is 2.48. The van der Waals surface area contributed by atoms with Gasteiger partial charge in [0.15, 0.2) is 5.69 Å². The summed E-state index contributed by atoms with van der Waals surface area (Å²) in [6.45, 7) is 0. The van der Waals surface area contributed by atoms with E-state index < -0.39 is 0 Å². The van der Waals surface area contributed by atoms with Crippen LogP contribution < -0.4 is 5.32 Å². The Morgan fingerprint density at radius 3 is 2.48 bits per heavy atom. The Balaban J connectivity index is 1.32. The number of para-hydroxylation sites is 1. The predicted molar refractivity (Wildman–Crippen MR) is 101 cm³/mol. The van der Waals surface area contributed by atoms with Gasteiger partial charge in [-0.15, -0.1) is 10.2 Å². The first-order chi connectivity index (χ1) is 12.2. The maximum Gasteiger partial charge on any atom is 0.218 e. The van der Waals surface area contributed by atoms with Crippen LogP contribution in [0.4, 0.5) is 5.69 Å². The van der Waals surface area contributed by atoms with Gasteiger partial charge in [-0.1, -0.05) is 18.2 Å². The van der Waals surface area contributed by atoms with E-state index in [9.17, 15) is 5.11 Å². The van der Waals surface area contributed by atoms with Gasteiger partial charge in [-0.25, -0.2) is 0 Å². The number of hydrogen-bond acceptors (Lipinski definition) is 3. The zero-order valence-electron chi connectivity index (χ0n) is 14.0. The van der Waals surface area contributed by atoms with E-state index in [1.165, 1.54) is 32.1 Å². The summed E-state index contributed by atoms with van der Waals surface area (Å²) in [7, 11) is 0. The van der Waals surface area contributed by atoms with Gasteiger partial charge in [-0.2, -0.15) is 0 Å².